The van der Waals surface area contributed by atoms with E-state index in [1.165, 1.54) is 6.07 Å². The highest BCUT2D eigenvalue weighted by Gasteiger charge is 2.18. The first-order valence-corrected chi connectivity index (χ1v) is 9.24. The molecule has 2 unspecified atom stereocenters. The van der Waals surface area contributed by atoms with E-state index in [-0.39, 0.29) is 17.5 Å². The van der Waals surface area contributed by atoms with E-state index in [0.717, 1.165) is 11.1 Å². The van der Waals surface area contributed by atoms with E-state index >= 15 is 0 Å². The summed E-state index contributed by atoms with van der Waals surface area (Å²) in [6.45, 7) is 1.87. The normalized spacial score (nSPS) is 13.6. The van der Waals surface area contributed by atoms with Crippen molar-refractivity contribution in [2.75, 3.05) is 6.26 Å². The highest BCUT2D eigenvalue weighted by molar-refractivity contribution is 7.83. The number of nitrogens with zero attached hydrogens (tertiary/aromatic N) is 2. The fraction of sp³-hybridized carbons (Fsp3) is 0.222. The van der Waals surface area contributed by atoms with Gasteiger partial charge in [0, 0.05) is 22.6 Å². The third-order valence-electron chi connectivity index (χ3n) is 3.76. The second-order valence-corrected chi connectivity index (χ2v) is 7.03. The number of halogens is 1. The van der Waals surface area contributed by atoms with Crippen LogP contribution >= 0.6 is 0 Å². The first kappa shape index (κ1) is 16.5. The molecule has 0 fully saturated rings. The minimum Gasteiger partial charge on any atom is -0.339 e. The summed E-state index contributed by atoms with van der Waals surface area (Å²) < 4.78 is 30.9. The average molecular weight is 344 g/mol. The van der Waals surface area contributed by atoms with E-state index in [4.69, 9.17) is 4.52 Å². The number of aromatic nitrogens is 2. The van der Waals surface area contributed by atoms with Crippen LogP contribution in [0.25, 0.3) is 11.1 Å². The molecule has 124 valence electrons. The van der Waals surface area contributed by atoms with Gasteiger partial charge < -0.3 is 4.52 Å². The fourth-order valence-corrected chi connectivity index (χ4v) is 2.96. The van der Waals surface area contributed by atoms with Crippen LogP contribution in [0.5, 0.6) is 0 Å². The van der Waals surface area contributed by atoms with Crippen molar-refractivity contribution < 1.29 is 13.1 Å². The molecule has 0 bridgehead atoms. The van der Waals surface area contributed by atoms with Gasteiger partial charge in [0.15, 0.2) is 5.82 Å². The number of rotatable bonds is 5. The molecule has 2 atom stereocenters. The Balaban J connectivity index is 1.86. The maximum atomic E-state index is 14.5. The van der Waals surface area contributed by atoms with E-state index in [2.05, 4.69) is 10.1 Å². The Bertz CT molecular complexity index is 864. The van der Waals surface area contributed by atoms with E-state index in [9.17, 15) is 8.60 Å². The molecular formula is C18H17FN2O2S. The zero-order chi connectivity index (χ0) is 17.1. The van der Waals surface area contributed by atoms with Gasteiger partial charge in [-0.05, 0) is 24.1 Å². The van der Waals surface area contributed by atoms with Crippen LogP contribution in [0.1, 0.15) is 30.1 Å². The monoisotopic (exact) mass is 344 g/mol. The van der Waals surface area contributed by atoms with E-state index < -0.39 is 10.8 Å². The second-order valence-electron chi connectivity index (χ2n) is 5.59. The van der Waals surface area contributed by atoms with Gasteiger partial charge in [-0.2, -0.15) is 4.98 Å². The van der Waals surface area contributed by atoms with Crippen molar-refractivity contribution in [3.8, 4) is 11.1 Å². The van der Waals surface area contributed by atoms with Crippen LogP contribution in [-0.4, -0.2) is 20.6 Å². The molecule has 0 aliphatic heterocycles. The standard InChI is InChI=1S/C18H17FN2O2S/c1-12(18-20-17(21-23-18)11-24(2)22)14-8-9-15(16(19)10-14)13-6-4-3-5-7-13/h3-10,12H,11H2,1-2H3. The molecule has 0 radical (unpaired) electrons. The molecule has 0 aliphatic rings. The topological polar surface area (TPSA) is 56.0 Å². The molecule has 1 heterocycles. The minimum absolute atomic E-state index is 0.240. The number of hydrogen-bond donors (Lipinski definition) is 0. The predicted octanol–water partition coefficient (Wildman–Crippen LogP) is 3.91. The molecule has 4 nitrogen and oxygen atoms in total. The molecule has 0 saturated carbocycles. The van der Waals surface area contributed by atoms with Crippen LogP contribution in [0.4, 0.5) is 4.39 Å². The van der Waals surface area contributed by atoms with Gasteiger partial charge in [0.1, 0.15) is 5.82 Å². The summed E-state index contributed by atoms with van der Waals surface area (Å²) in [5.41, 5.74) is 2.14. The third-order valence-corrected chi connectivity index (χ3v) is 4.43. The Morgan fingerprint density at radius 2 is 1.96 bits per heavy atom. The van der Waals surface area contributed by atoms with E-state index in [0.29, 0.717) is 17.3 Å². The SMILES string of the molecule is CC(c1ccc(-c2ccccc2)c(F)c1)c1nc(CS(C)=O)no1. The predicted molar refractivity (Wildman–Crippen MR) is 91.4 cm³/mol. The molecule has 3 rings (SSSR count). The van der Waals surface area contributed by atoms with Crippen molar-refractivity contribution in [1.29, 1.82) is 0 Å². The molecule has 1 aromatic heterocycles. The quantitative estimate of drug-likeness (QED) is 0.704. The van der Waals surface area contributed by atoms with Crippen molar-refractivity contribution in [3.05, 3.63) is 71.6 Å². The van der Waals surface area contributed by atoms with Crippen molar-refractivity contribution >= 4 is 10.8 Å². The minimum atomic E-state index is -1.03. The largest absolute Gasteiger partial charge is 0.339 e. The van der Waals surface area contributed by atoms with Gasteiger partial charge in [-0.3, -0.25) is 4.21 Å². The third kappa shape index (κ3) is 3.59. The Kier molecular flexibility index (Phi) is 4.85. The lowest BCUT2D eigenvalue weighted by molar-refractivity contribution is 0.366. The lowest BCUT2D eigenvalue weighted by Crippen LogP contribution is -1.99. The van der Waals surface area contributed by atoms with Gasteiger partial charge in [0.2, 0.25) is 5.89 Å². The maximum absolute atomic E-state index is 14.5. The smallest absolute Gasteiger partial charge is 0.233 e. The van der Waals surface area contributed by atoms with Crippen LogP contribution in [0.3, 0.4) is 0 Å². The molecule has 0 spiro atoms. The summed E-state index contributed by atoms with van der Waals surface area (Å²) >= 11 is 0. The molecule has 3 aromatic rings. The van der Waals surface area contributed by atoms with Gasteiger partial charge in [-0.1, -0.05) is 47.6 Å². The highest BCUT2D eigenvalue weighted by Crippen LogP contribution is 2.28. The molecular weight excluding hydrogens is 327 g/mol. The Labute approximate surface area is 142 Å². The highest BCUT2D eigenvalue weighted by atomic mass is 32.2. The summed E-state index contributed by atoms with van der Waals surface area (Å²) in [5.74, 6) is 0.509. The summed E-state index contributed by atoms with van der Waals surface area (Å²) in [7, 11) is -1.03. The molecule has 0 saturated heterocycles. The molecule has 0 aliphatic carbocycles. The van der Waals surface area contributed by atoms with Crippen molar-refractivity contribution in [2.24, 2.45) is 0 Å². The first-order valence-electron chi connectivity index (χ1n) is 7.52. The van der Waals surface area contributed by atoms with Crippen LogP contribution in [0, 0.1) is 5.82 Å². The lowest BCUT2D eigenvalue weighted by Gasteiger charge is -2.10. The Hall–Kier alpha value is -2.34. The van der Waals surface area contributed by atoms with E-state index in [1.807, 2.05) is 43.3 Å². The maximum Gasteiger partial charge on any atom is 0.233 e. The Morgan fingerprint density at radius 3 is 2.62 bits per heavy atom. The van der Waals surface area contributed by atoms with Crippen LogP contribution < -0.4 is 0 Å². The lowest BCUT2D eigenvalue weighted by atomic mass is 9.97. The zero-order valence-corrected chi connectivity index (χ0v) is 14.2. The first-order chi connectivity index (χ1) is 11.5. The van der Waals surface area contributed by atoms with Crippen LogP contribution in [0.15, 0.2) is 53.1 Å². The summed E-state index contributed by atoms with van der Waals surface area (Å²) in [6, 6.07) is 14.5. The van der Waals surface area contributed by atoms with Gasteiger partial charge in [-0.25, -0.2) is 4.39 Å². The van der Waals surface area contributed by atoms with Crippen LogP contribution in [0.2, 0.25) is 0 Å². The number of hydrogen-bond acceptors (Lipinski definition) is 4. The second kappa shape index (κ2) is 7.05. The van der Waals surface area contributed by atoms with Crippen LogP contribution in [-0.2, 0) is 16.6 Å². The van der Waals surface area contributed by atoms with Crippen molar-refractivity contribution in [3.63, 3.8) is 0 Å². The summed E-state index contributed by atoms with van der Waals surface area (Å²) in [4.78, 5) is 4.24. The molecule has 0 N–H and O–H groups in total. The fourth-order valence-electron chi connectivity index (χ4n) is 2.48. The van der Waals surface area contributed by atoms with Crippen molar-refractivity contribution in [1.82, 2.24) is 10.1 Å². The molecule has 6 heteroatoms. The average Bonchev–Trinajstić information content (AvgIpc) is 3.02. The summed E-state index contributed by atoms with van der Waals surface area (Å²) in [6.07, 6.45) is 1.58. The van der Waals surface area contributed by atoms with Gasteiger partial charge in [-0.15, -0.1) is 0 Å². The van der Waals surface area contributed by atoms with Gasteiger partial charge in [0.05, 0.1) is 11.7 Å². The molecule has 2 aromatic carbocycles. The molecule has 24 heavy (non-hydrogen) atoms. The Morgan fingerprint density at radius 1 is 1.21 bits per heavy atom. The summed E-state index contributed by atoms with van der Waals surface area (Å²) in [5, 5.41) is 3.82. The molecule has 0 amide bonds. The number of benzene rings is 2. The van der Waals surface area contributed by atoms with Gasteiger partial charge in [0.25, 0.3) is 0 Å². The van der Waals surface area contributed by atoms with Crippen molar-refractivity contribution in [2.45, 2.75) is 18.6 Å². The van der Waals surface area contributed by atoms with E-state index in [1.54, 1.807) is 12.3 Å². The zero-order valence-electron chi connectivity index (χ0n) is 13.4. The van der Waals surface area contributed by atoms with Gasteiger partial charge >= 0.3 is 0 Å².